The maximum atomic E-state index is 12.9. The fourth-order valence-corrected chi connectivity index (χ4v) is 5.43. The van der Waals surface area contributed by atoms with E-state index in [4.69, 9.17) is 0 Å². The third kappa shape index (κ3) is 4.08. The summed E-state index contributed by atoms with van der Waals surface area (Å²) in [6.45, 7) is 2.62. The van der Waals surface area contributed by atoms with Gasteiger partial charge in [0.05, 0.1) is 0 Å². The van der Waals surface area contributed by atoms with Gasteiger partial charge in [0.2, 0.25) is 10.0 Å². The van der Waals surface area contributed by atoms with Gasteiger partial charge in [-0.15, -0.1) is 12.4 Å². The number of hydrogen-bond acceptors (Lipinski definition) is 4. The number of likely N-dealkylation sites (N-methyl/N-ethyl adjacent to an activating group) is 1. The molecule has 0 aliphatic carbocycles. The second-order valence-corrected chi connectivity index (χ2v) is 8.93. The second kappa shape index (κ2) is 8.73. The van der Waals surface area contributed by atoms with Crippen LogP contribution in [0.25, 0.3) is 0 Å². The predicted octanol–water partition coefficient (Wildman–Crippen LogP) is 1.45. The van der Waals surface area contributed by atoms with Crippen molar-refractivity contribution in [3.8, 4) is 0 Å². The first-order valence-electron chi connectivity index (χ1n) is 9.07. The molecule has 0 bridgehead atoms. The predicted molar refractivity (Wildman–Crippen MR) is 103 cm³/mol. The Bertz CT molecular complexity index is 728. The molecule has 1 amide bonds. The van der Waals surface area contributed by atoms with Crippen LogP contribution in [-0.2, 0) is 17.1 Å². The van der Waals surface area contributed by atoms with Crippen molar-refractivity contribution in [2.75, 3.05) is 33.2 Å². The van der Waals surface area contributed by atoms with Gasteiger partial charge in [0.1, 0.15) is 10.6 Å². The van der Waals surface area contributed by atoms with E-state index in [0.717, 1.165) is 45.2 Å². The average molecular weight is 405 g/mol. The molecule has 7 nitrogen and oxygen atoms in total. The number of nitrogens with zero attached hydrogens (tertiary/aromatic N) is 3. The zero-order valence-corrected chi connectivity index (χ0v) is 17.1. The van der Waals surface area contributed by atoms with Gasteiger partial charge < -0.3 is 14.8 Å². The molecule has 2 saturated heterocycles. The minimum atomic E-state index is -3.52. The highest BCUT2D eigenvalue weighted by Crippen LogP contribution is 2.25. The molecule has 1 unspecified atom stereocenters. The normalized spacial score (nSPS) is 21.6. The van der Waals surface area contributed by atoms with Gasteiger partial charge in [0.25, 0.3) is 5.91 Å². The van der Waals surface area contributed by atoms with Crippen LogP contribution in [0.15, 0.2) is 17.2 Å². The van der Waals surface area contributed by atoms with E-state index < -0.39 is 10.0 Å². The minimum absolute atomic E-state index is 0. The van der Waals surface area contributed by atoms with E-state index in [2.05, 4.69) is 5.32 Å². The van der Waals surface area contributed by atoms with Crippen molar-refractivity contribution in [1.29, 1.82) is 0 Å². The molecule has 9 heteroatoms. The fourth-order valence-electron chi connectivity index (χ4n) is 3.84. The van der Waals surface area contributed by atoms with E-state index in [1.807, 2.05) is 11.9 Å². The smallest absolute Gasteiger partial charge is 0.270 e. The number of carbonyl (C=O) groups is 1. The van der Waals surface area contributed by atoms with Crippen LogP contribution in [0.1, 0.15) is 42.6 Å². The molecule has 2 aliphatic heterocycles. The SMILES string of the molecule is CNCC1CCCN1C(=O)c1cc(S(=O)(=O)N2CCCCC2)cn1C.Cl. The number of aryl methyl sites for hydroxylation is 1. The Labute approximate surface area is 162 Å². The molecular formula is C17H29ClN4O3S. The summed E-state index contributed by atoms with van der Waals surface area (Å²) in [5.74, 6) is -0.0830. The van der Waals surface area contributed by atoms with E-state index >= 15 is 0 Å². The number of carbonyl (C=O) groups excluding carboxylic acids is 1. The zero-order chi connectivity index (χ0) is 18.0. The topological polar surface area (TPSA) is 74.7 Å². The van der Waals surface area contributed by atoms with Crippen LogP contribution in [0.4, 0.5) is 0 Å². The van der Waals surface area contributed by atoms with E-state index in [1.165, 1.54) is 0 Å². The number of amides is 1. The molecule has 1 N–H and O–H groups in total. The summed E-state index contributed by atoms with van der Waals surface area (Å²) in [5.41, 5.74) is 0.443. The summed E-state index contributed by atoms with van der Waals surface area (Å²) in [6, 6.07) is 1.72. The Morgan fingerprint density at radius 2 is 1.88 bits per heavy atom. The first kappa shape index (κ1) is 21.2. The van der Waals surface area contributed by atoms with Gasteiger partial charge >= 0.3 is 0 Å². The lowest BCUT2D eigenvalue weighted by Gasteiger charge is -2.25. The summed E-state index contributed by atoms with van der Waals surface area (Å²) >= 11 is 0. The Morgan fingerprint density at radius 1 is 1.19 bits per heavy atom. The van der Waals surface area contributed by atoms with Crippen molar-refractivity contribution in [2.24, 2.45) is 7.05 Å². The third-order valence-corrected chi connectivity index (χ3v) is 7.09. The number of rotatable bonds is 5. The number of piperidine rings is 1. The van der Waals surface area contributed by atoms with Crippen molar-refractivity contribution < 1.29 is 13.2 Å². The summed E-state index contributed by atoms with van der Waals surface area (Å²) in [4.78, 5) is 15.0. The largest absolute Gasteiger partial charge is 0.345 e. The number of halogens is 1. The molecule has 3 rings (SSSR count). The van der Waals surface area contributed by atoms with Gasteiger partial charge in [-0.3, -0.25) is 4.79 Å². The molecular weight excluding hydrogens is 376 g/mol. The first-order valence-corrected chi connectivity index (χ1v) is 10.5. The van der Waals surface area contributed by atoms with Crippen molar-refractivity contribution in [3.05, 3.63) is 18.0 Å². The molecule has 1 atom stereocenters. The molecule has 0 radical (unpaired) electrons. The summed E-state index contributed by atoms with van der Waals surface area (Å²) < 4.78 is 28.9. The molecule has 148 valence electrons. The third-order valence-electron chi connectivity index (χ3n) is 5.23. The Kier molecular flexibility index (Phi) is 7.12. The molecule has 2 fully saturated rings. The van der Waals surface area contributed by atoms with Gasteiger partial charge in [0, 0.05) is 45.5 Å². The second-order valence-electron chi connectivity index (χ2n) is 6.99. The quantitative estimate of drug-likeness (QED) is 0.805. The molecule has 1 aromatic heterocycles. The lowest BCUT2D eigenvalue weighted by molar-refractivity contribution is 0.0727. The number of nitrogens with one attached hydrogen (secondary N) is 1. The molecule has 0 aromatic carbocycles. The first-order chi connectivity index (χ1) is 11.9. The maximum Gasteiger partial charge on any atom is 0.270 e. The van der Waals surface area contributed by atoms with E-state index in [9.17, 15) is 13.2 Å². The Hall–Kier alpha value is -1.09. The van der Waals surface area contributed by atoms with Crippen molar-refractivity contribution in [3.63, 3.8) is 0 Å². The van der Waals surface area contributed by atoms with Gasteiger partial charge in [-0.25, -0.2) is 8.42 Å². The average Bonchev–Trinajstić information content (AvgIpc) is 3.22. The van der Waals surface area contributed by atoms with Gasteiger partial charge in [-0.05, 0) is 38.8 Å². The molecule has 3 heterocycles. The maximum absolute atomic E-state index is 12.9. The van der Waals surface area contributed by atoms with E-state index in [1.54, 1.807) is 28.2 Å². The van der Waals surface area contributed by atoms with Crippen LogP contribution in [0.3, 0.4) is 0 Å². The van der Waals surface area contributed by atoms with Crippen LogP contribution in [0.5, 0.6) is 0 Å². The summed E-state index contributed by atoms with van der Waals surface area (Å²) in [5, 5.41) is 3.13. The van der Waals surface area contributed by atoms with E-state index in [0.29, 0.717) is 18.8 Å². The van der Waals surface area contributed by atoms with Crippen LogP contribution in [0, 0.1) is 0 Å². The lowest BCUT2D eigenvalue weighted by atomic mass is 10.2. The molecule has 0 spiro atoms. The van der Waals surface area contributed by atoms with Crippen molar-refractivity contribution in [2.45, 2.75) is 43.0 Å². The Balaban J connectivity index is 0.00000243. The minimum Gasteiger partial charge on any atom is -0.345 e. The molecule has 26 heavy (non-hydrogen) atoms. The highest BCUT2D eigenvalue weighted by Gasteiger charge is 2.33. The Morgan fingerprint density at radius 3 is 2.54 bits per heavy atom. The number of hydrogen-bond donors (Lipinski definition) is 1. The van der Waals surface area contributed by atoms with Crippen LogP contribution < -0.4 is 5.32 Å². The van der Waals surface area contributed by atoms with Crippen molar-refractivity contribution >= 4 is 28.3 Å². The number of likely N-dealkylation sites (tertiary alicyclic amines) is 1. The monoisotopic (exact) mass is 404 g/mol. The summed E-state index contributed by atoms with van der Waals surface area (Å²) in [7, 11) is 0.108. The van der Waals surface area contributed by atoms with Gasteiger partial charge in [-0.2, -0.15) is 4.31 Å². The standard InChI is InChI=1S/C17H28N4O3S.ClH/c1-18-12-14-7-6-10-21(14)17(22)16-11-15(13-19(16)2)25(23,24)20-8-4-3-5-9-20;/h11,13-14,18H,3-10,12H2,1-2H3;1H. The van der Waals surface area contributed by atoms with Crippen molar-refractivity contribution in [1.82, 2.24) is 19.1 Å². The highest BCUT2D eigenvalue weighted by molar-refractivity contribution is 7.89. The molecule has 0 saturated carbocycles. The van der Waals surface area contributed by atoms with Gasteiger partial charge in [0.15, 0.2) is 0 Å². The fraction of sp³-hybridized carbons (Fsp3) is 0.706. The summed E-state index contributed by atoms with van der Waals surface area (Å²) in [6.07, 6.45) is 6.42. The van der Waals surface area contributed by atoms with Crippen LogP contribution >= 0.6 is 12.4 Å². The molecule has 1 aromatic rings. The van der Waals surface area contributed by atoms with Crippen LogP contribution in [-0.4, -0.2) is 67.4 Å². The molecule has 2 aliphatic rings. The van der Waals surface area contributed by atoms with E-state index in [-0.39, 0.29) is 29.3 Å². The van der Waals surface area contributed by atoms with Gasteiger partial charge in [-0.1, -0.05) is 6.42 Å². The number of sulfonamides is 1. The van der Waals surface area contributed by atoms with Crippen LogP contribution in [0.2, 0.25) is 0 Å². The highest BCUT2D eigenvalue weighted by atomic mass is 35.5. The lowest BCUT2D eigenvalue weighted by Crippen LogP contribution is -2.41. The number of aromatic nitrogens is 1. The zero-order valence-electron chi connectivity index (χ0n) is 15.5.